The molecule has 0 saturated heterocycles. The summed E-state index contributed by atoms with van der Waals surface area (Å²) in [5.74, 6) is 0.689. The molecule has 0 aliphatic carbocycles. The lowest BCUT2D eigenvalue weighted by Crippen LogP contribution is -2.38. The number of aromatic hydroxyl groups is 1. The number of rotatable bonds is 7. The van der Waals surface area contributed by atoms with Crippen molar-refractivity contribution in [1.29, 1.82) is 0 Å². The second-order valence-corrected chi connectivity index (χ2v) is 8.38. The van der Waals surface area contributed by atoms with E-state index in [1.54, 1.807) is 18.2 Å². The molecule has 2 aromatic rings. The third-order valence-electron chi connectivity index (χ3n) is 6.15. The summed E-state index contributed by atoms with van der Waals surface area (Å²) < 4.78 is 12.4. The Hall–Kier alpha value is -2.99. The average molecular weight is 427 g/mol. The quantitative estimate of drug-likeness (QED) is 0.566. The third kappa shape index (κ3) is 4.85. The molecule has 0 saturated carbocycles. The molecule has 1 heterocycles. The van der Waals surface area contributed by atoms with E-state index < -0.39 is 11.6 Å². The van der Waals surface area contributed by atoms with Gasteiger partial charge in [0.2, 0.25) is 0 Å². The Morgan fingerprint density at radius 1 is 1.23 bits per heavy atom. The highest BCUT2D eigenvalue weighted by Crippen LogP contribution is 2.44. The van der Waals surface area contributed by atoms with Crippen molar-refractivity contribution in [2.45, 2.75) is 59.2 Å². The number of aliphatic carboxylic acids is 1. The molecule has 166 valence electrons. The van der Waals surface area contributed by atoms with E-state index >= 15 is 0 Å². The fourth-order valence-corrected chi connectivity index (χ4v) is 3.95. The van der Waals surface area contributed by atoms with Gasteiger partial charge < -0.3 is 24.8 Å². The number of aliphatic hydroxyl groups excluding tert-OH is 1. The van der Waals surface area contributed by atoms with Crippen molar-refractivity contribution in [3.05, 3.63) is 57.7 Å². The highest BCUT2D eigenvalue weighted by atomic mass is 16.5. The molecule has 2 aromatic carbocycles. The molecule has 1 aliphatic heterocycles. The highest BCUT2D eigenvalue weighted by molar-refractivity contribution is 5.85. The Kier molecular flexibility index (Phi) is 6.60. The largest absolute Gasteiger partial charge is 0.507 e. The second-order valence-electron chi connectivity index (χ2n) is 8.38. The van der Waals surface area contributed by atoms with E-state index in [9.17, 15) is 15.0 Å². The molecule has 1 unspecified atom stereocenters. The number of hydrogen-bond donors (Lipinski definition) is 3. The third-order valence-corrected chi connectivity index (χ3v) is 6.15. The number of fused-ring (bicyclic) bond motifs is 1. The van der Waals surface area contributed by atoms with Crippen molar-refractivity contribution in [3.63, 3.8) is 0 Å². The van der Waals surface area contributed by atoms with Crippen LogP contribution in [0.1, 0.15) is 53.1 Å². The van der Waals surface area contributed by atoms with E-state index in [0.29, 0.717) is 35.7 Å². The van der Waals surface area contributed by atoms with E-state index in [1.807, 2.05) is 20.8 Å². The van der Waals surface area contributed by atoms with Crippen LogP contribution in [0.15, 0.2) is 24.3 Å². The summed E-state index contributed by atoms with van der Waals surface area (Å²) in [6.45, 7) is 8.11. The van der Waals surface area contributed by atoms with Crippen LogP contribution < -0.4 is 9.47 Å². The summed E-state index contributed by atoms with van der Waals surface area (Å²) >= 11 is 0. The summed E-state index contributed by atoms with van der Waals surface area (Å²) in [7, 11) is 0. The summed E-state index contributed by atoms with van der Waals surface area (Å²) in [6.07, 6.45) is 4.80. The van der Waals surface area contributed by atoms with Gasteiger partial charge in [-0.1, -0.05) is 12.1 Å². The molecule has 0 bridgehead atoms. The van der Waals surface area contributed by atoms with Crippen LogP contribution in [0.2, 0.25) is 0 Å². The van der Waals surface area contributed by atoms with E-state index in [4.69, 9.17) is 14.6 Å². The molecule has 0 amide bonds. The van der Waals surface area contributed by atoms with Gasteiger partial charge in [-0.25, -0.2) is 4.79 Å². The molecule has 3 rings (SSSR count). The zero-order valence-electron chi connectivity index (χ0n) is 18.5. The van der Waals surface area contributed by atoms with Gasteiger partial charge in [-0.15, -0.1) is 0 Å². The molecular weight excluding hydrogens is 396 g/mol. The predicted octanol–water partition coefficient (Wildman–Crippen LogP) is 4.46. The monoisotopic (exact) mass is 426 g/mol. The maximum Gasteiger partial charge on any atom is 0.328 e. The SMILES string of the molecule is Cc1c(C)c2c(c(C)c1O)CCC(C)(CCOc1cc(CO)ccc1C=CC(=O)O)O2. The normalized spacial score (nSPS) is 18.0. The number of carboxylic acids is 1. The van der Waals surface area contributed by atoms with Crippen LogP contribution in [-0.4, -0.2) is 33.5 Å². The number of benzene rings is 2. The van der Waals surface area contributed by atoms with Crippen LogP contribution in [0.4, 0.5) is 0 Å². The van der Waals surface area contributed by atoms with Crippen molar-refractivity contribution < 1.29 is 29.6 Å². The standard InChI is InChI=1S/C25H30O6/c1-15-16(2)24-20(17(3)23(15)29)9-10-25(4,31-24)11-12-30-21-13-18(14-26)5-6-19(21)7-8-22(27)28/h5-8,13,26,29H,9-12,14H2,1-4H3,(H,27,28). The van der Waals surface area contributed by atoms with Gasteiger partial charge in [0.1, 0.15) is 22.8 Å². The first kappa shape index (κ1) is 22.7. The average Bonchev–Trinajstić information content (AvgIpc) is 2.75. The maximum absolute atomic E-state index is 10.9. The Morgan fingerprint density at radius 2 is 1.97 bits per heavy atom. The lowest BCUT2D eigenvalue weighted by Gasteiger charge is -2.38. The van der Waals surface area contributed by atoms with Gasteiger partial charge in [-0.2, -0.15) is 0 Å². The summed E-state index contributed by atoms with van der Waals surface area (Å²) in [5, 5.41) is 28.7. The summed E-state index contributed by atoms with van der Waals surface area (Å²) in [5.41, 5.74) is 4.66. The smallest absolute Gasteiger partial charge is 0.328 e. The van der Waals surface area contributed by atoms with Crippen LogP contribution in [0.5, 0.6) is 17.2 Å². The van der Waals surface area contributed by atoms with Crippen molar-refractivity contribution >= 4 is 12.0 Å². The lowest BCUT2D eigenvalue weighted by atomic mass is 9.86. The zero-order chi connectivity index (χ0) is 22.8. The molecule has 31 heavy (non-hydrogen) atoms. The molecule has 0 fully saturated rings. The molecule has 6 nitrogen and oxygen atoms in total. The van der Waals surface area contributed by atoms with Gasteiger partial charge in [0, 0.05) is 23.6 Å². The summed E-state index contributed by atoms with van der Waals surface area (Å²) in [4.78, 5) is 10.9. The molecule has 0 aromatic heterocycles. The fraction of sp³-hybridized carbons (Fsp3) is 0.400. The van der Waals surface area contributed by atoms with Crippen molar-refractivity contribution in [3.8, 4) is 17.2 Å². The summed E-state index contributed by atoms with van der Waals surface area (Å²) in [6, 6.07) is 5.19. The molecule has 1 atom stereocenters. The second kappa shape index (κ2) is 9.02. The van der Waals surface area contributed by atoms with Gasteiger partial charge in [0.05, 0.1) is 13.2 Å². The minimum atomic E-state index is -1.04. The molecule has 6 heteroatoms. The molecule has 0 spiro atoms. The predicted molar refractivity (Wildman–Crippen MR) is 119 cm³/mol. The maximum atomic E-state index is 10.9. The minimum Gasteiger partial charge on any atom is -0.507 e. The number of aliphatic hydroxyl groups is 1. The van der Waals surface area contributed by atoms with Gasteiger partial charge in [0.25, 0.3) is 0 Å². The van der Waals surface area contributed by atoms with Gasteiger partial charge in [-0.05, 0) is 74.9 Å². The number of phenolic OH excluding ortho intramolecular Hbond substituents is 1. The zero-order valence-corrected chi connectivity index (χ0v) is 18.5. The van der Waals surface area contributed by atoms with Crippen LogP contribution in [0.3, 0.4) is 0 Å². The Labute approximate surface area is 182 Å². The first-order chi connectivity index (χ1) is 14.6. The highest BCUT2D eigenvalue weighted by Gasteiger charge is 2.34. The fourth-order valence-electron chi connectivity index (χ4n) is 3.95. The number of carbonyl (C=O) groups is 1. The van der Waals surface area contributed by atoms with Crippen LogP contribution >= 0.6 is 0 Å². The van der Waals surface area contributed by atoms with Crippen LogP contribution in [0, 0.1) is 20.8 Å². The minimum absolute atomic E-state index is 0.123. The van der Waals surface area contributed by atoms with Crippen molar-refractivity contribution in [2.75, 3.05) is 6.61 Å². The van der Waals surface area contributed by atoms with Gasteiger partial charge in [-0.3, -0.25) is 0 Å². The van der Waals surface area contributed by atoms with E-state index in [-0.39, 0.29) is 6.61 Å². The Balaban J connectivity index is 1.75. The molecular formula is C25H30O6. The Morgan fingerprint density at radius 3 is 2.65 bits per heavy atom. The lowest BCUT2D eigenvalue weighted by molar-refractivity contribution is -0.131. The van der Waals surface area contributed by atoms with E-state index in [2.05, 4.69) is 6.92 Å². The number of phenols is 1. The van der Waals surface area contributed by atoms with Gasteiger partial charge >= 0.3 is 5.97 Å². The first-order valence-electron chi connectivity index (χ1n) is 10.4. The van der Waals surface area contributed by atoms with E-state index in [0.717, 1.165) is 46.9 Å². The molecule has 0 radical (unpaired) electrons. The number of hydrogen-bond acceptors (Lipinski definition) is 5. The van der Waals surface area contributed by atoms with Crippen LogP contribution in [0.25, 0.3) is 6.08 Å². The molecule has 3 N–H and O–H groups in total. The number of ether oxygens (including phenoxy) is 2. The van der Waals surface area contributed by atoms with Gasteiger partial charge in [0.15, 0.2) is 0 Å². The van der Waals surface area contributed by atoms with Crippen LogP contribution in [-0.2, 0) is 17.8 Å². The van der Waals surface area contributed by atoms with E-state index in [1.165, 1.54) is 6.08 Å². The number of carboxylic acid groups (broad SMARTS) is 1. The topological polar surface area (TPSA) is 96.2 Å². The Bertz CT molecular complexity index is 1020. The first-order valence-corrected chi connectivity index (χ1v) is 10.4. The van der Waals surface area contributed by atoms with Crippen molar-refractivity contribution in [2.24, 2.45) is 0 Å². The van der Waals surface area contributed by atoms with Crippen molar-refractivity contribution in [1.82, 2.24) is 0 Å². The molecule has 1 aliphatic rings.